The number of hydrogen-bond donors (Lipinski definition) is 2. The van der Waals surface area contributed by atoms with Gasteiger partial charge in [0.1, 0.15) is 11.5 Å². The minimum absolute atomic E-state index is 0.225. The van der Waals surface area contributed by atoms with Crippen LogP contribution in [0, 0.1) is 5.92 Å². The van der Waals surface area contributed by atoms with Gasteiger partial charge in [-0.15, -0.1) is 0 Å². The Hall–Kier alpha value is -2.69. The Morgan fingerprint density at radius 2 is 2.13 bits per heavy atom. The van der Waals surface area contributed by atoms with Crippen molar-refractivity contribution in [3.63, 3.8) is 0 Å². The fourth-order valence-electron chi connectivity index (χ4n) is 2.64. The van der Waals surface area contributed by atoms with Gasteiger partial charge in [0.05, 0.1) is 13.7 Å². The van der Waals surface area contributed by atoms with Gasteiger partial charge in [0.15, 0.2) is 0 Å². The van der Waals surface area contributed by atoms with Gasteiger partial charge in [-0.05, 0) is 30.2 Å². The molecule has 1 unspecified atom stereocenters. The van der Waals surface area contributed by atoms with Crippen LogP contribution in [-0.4, -0.2) is 26.3 Å². The number of amides is 2. The predicted molar refractivity (Wildman–Crippen MR) is 89.1 cm³/mol. The van der Waals surface area contributed by atoms with Crippen molar-refractivity contribution in [3.8, 4) is 11.5 Å². The van der Waals surface area contributed by atoms with Gasteiger partial charge in [-0.2, -0.15) is 0 Å². The number of anilines is 1. The highest BCUT2D eigenvalue weighted by Gasteiger charge is 2.19. The second-order valence-corrected chi connectivity index (χ2v) is 5.56. The Morgan fingerprint density at radius 3 is 3.00 bits per heavy atom. The molecule has 5 nitrogen and oxygen atoms in total. The highest BCUT2D eigenvalue weighted by molar-refractivity contribution is 5.89. The third kappa shape index (κ3) is 3.94. The molecule has 0 radical (unpaired) electrons. The fourth-order valence-corrected chi connectivity index (χ4v) is 2.64. The number of carbonyl (C=O) groups is 1. The number of rotatable bonds is 4. The zero-order valence-electron chi connectivity index (χ0n) is 13.0. The van der Waals surface area contributed by atoms with Gasteiger partial charge < -0.3 is 20.1 Å². The molecule has 23 heavy (non-hydrogen) atoms. The van der Waals surface area contributed by atoms with Crippen LogP contribution < -0.4 is 20.1 Å². The fraction of sp³-hybridized carbons (Fsp3) is 0.278. The van der Waals surface area contributed by atoms with Gasteiger partial charge in [-0.3, -0.25) is 0 Å². The van der Waals surface area contributed by atoms with E-state index in [-0.39, 0.29) is 11.9 Å². The summed E-state index contributed by atoms with van der Waals surface area (Å²) in [5.41, 5.74) is 1.89. The Morgan fingerprint density at radius 1 is 1.26 bits per heavy atom. The lowest BCUT2D eigenvalue weighted by Crippen LogP contribution is -2.37. The van der Waals surface area contributed by atoms with E-state index in [0.29, 0.717) is 24.6 Å². The largest absolute Gasteiger partial charge is 0.497 e. The first kappa shape index (κ1) is 15.2. The number of para-hydroxylation sites is 1. The highest BCUT2D eigenvalue weighted by atomic mass is 16.5. The normalized spacial score (nSPS) is 16.0. The Bertz CT molecular complexity index is 687. The number of fused-ring (bicyclic) bond motifs is 1. The lowest BCUT2D eigenvalue weighted by molar-refractivity contribution is 0.215. The molecule has 3 rings (SSSR count). The standard InChI is InChI=1S/C18H20N2O3/c1-22-16-7-4-6-15(10-16)20-18(21)19-11-13-9-14-5-2-3-8-17(14)23-12-13/h2-8,10,13H,9,11-12H2,1H3,(H2,19,20,21). The number of carbonyl (C=O) groups excluding carboxylic acids is 1. The molecule has 0 fully saturated rings. The molecule has 1 aliphatic rings. The molecule has 0 spiro atoms. The molecule has 1 aliphatic heterocycles. The van der Waals surface area contributed by atoms with E-state index in [2.05, 4.69) is 16.7 Å². The molecular formula is C18H20N2O3. The van der Waals surface area contributed by atoms with Crippen LogP contribution in [0.5, 0.6) is 11.5 Å². The maximum atomic E-state index is 12.0. The molecule has 2 aromatic rings. The Kier molecular flexibility index (Phi) is 4.66. The van der Waals surface area contributed by atoms with E-state index in [0.717, 1.165) is 12.2 Å². The highest BCUT2D eigenvalue weighted by Crippen LogP contribution is 2.26. The van der Waals surface area contributed by atoms with Crippen LogP contribution in [0.15, 0.2) is 48.5 Å². The quantitative estimate of drug-likeness (QED) is 0.912. The number of urea groups is 1. The van der Waals surface area contributed by atoms with Crippen LogP contribution in [0.1, 0.15) is 5.56 Å². The molecule has 2 aromatic carbocycles. The molecule has 0 bridgehead atoms. The van der Waals surface area contributed by atoms with E-state index in [9.17, 15) is 4.79 Å². The molecular weight excluding hydrogens is 292 g/mol. The van der Waals surface area contributed by atoms with E-state index < -0.39 is 0 Å². The van der Waals surface area contributed by atoms with E-state index in [1.807, 2.05) is 36.4 Å². The molecule has 5 heteroatoms. The summed E-state index contributed by atoms with van der Waals surface area (Å²) in [7, 11) is 1.60. The van der Waals surface area contributed by atoms with Crippen LogP contribution in [0.4, 0.5) is 10.5 Å². The predicted octanol–water partition coefficient (Wildman–Crippen LogP) is 3.07. The first-order valence-corrected chi connectivity index (χ1v) is 7.64. The van der Waals surface area contributed by atoms with Crippen LogP contribution in [-0.2, 0) is 6.42 Å². The smallest absolute Gasteiger partial charge is 0.319 e. The van der Waals surface area contributed by atoms with Crippen LogP contribution in [0.3, 0.4) is 0 Å². The third-order valence-corrected chi connectivity index (χ3v) is 3.83. The minimum atomic E-state index is -0.225. The molecule has 2 amide bonds. The Balaban J connectivity index is 1.50. The summed E-state index contributed by atoms with van der Waals surface area (Å²) in [4.78, 5) is 12.0. The number of ether oxygens (including phenoxy) is 2. The first-order valence-electron chi connectivity index (χ1n) is 7.64. The first-order chi connectivity index (χ1) is 11.2. The van der Waals surface area contributed by atoms with Gasteiger partial charge in [0.2, 0.25) is 0 Å². The zero-order chi connectivity index (χ0) is 16.1. The summed E-state index contributed by atoms with van der Waals surface area (Å²) in [6.07, 6.45) is 0.912. The van der Waals surface area contributed by atoms with Crippen molar-refractivity contribution >= 4 is 11.7 Å². The summed E-state index contributed by atoms with van der Waals surface area (Å²) in [5.74, 6) is 1.94. The summed E-state index contributed by atoms with van der Waals surface area (Å²) < 4.78 is 10.9. The van der Waals surface area contributed by atoms with E-state index in [4.69, 9.17) is 9.47 Å². The van der Waals surface area contributed by atoms with E-state index in [1.165, 1.54) is 5.56 Å². The molecule has 120 valence electrons. The third-order valence-electron chi connectivity index (χ3n) is 3.83. The lowest BCUT2D eigenvalue weighted by atomic mass is 9.97. The van der Waals surface area contributed by atoms with Gasteiger partial charge in [0.25, 0.3) is 0 Å². The molecule has 0 saturated heterocycles. The summed E-state index contributed by atoms with van der Waals surface area (Å²) >= 11 is 0. The van der Waals surface area contributed by atoms with Gasteiger partial charge in [-0.25, -0.2) is 4.79 Å². The van der Waals surface area contributed by atoms with Crippen molar-refractivity contribution in [3.05, 3.63) is 54.1 Å². The molecule has 0 aliphatic carbocycles. The second-order valence-electron chi connectivity index (χ2n) is 5.56. The summed E-state index contributed by atoms with van der Waals surface area (Å²) in [6, 6.07) is 15.1. The Labute approximate surface area is 135 Å². The molecule has 0 aromatic heterocycles. The van der Waals surface area contributed by atoms with E-state index >= 15 is 0 Å². The topological polar surface area (TPSA) is 59.6 Å². The minimum Gasteiger partial charge on any atom is -0.497 e. The molecule has 1 atom stereocenters. The van der Waals surface area contributed by atoms with Crippen molar-refractivity contribution < 1.29 is 14.3 Å². The maximum Gasteiger partial charge on any atom is 0.319 e. The maximum absolute atomic E-state index is 12.0. The second kappa shape index (κ2) is 7.05. The average molecular weight is 312 g/mol. The summed E-state index contributed by atoms with van der Waals surface area (Å²) in [6.45, 7) is 1.20. The van der Waals surface area contributed by atoms with Crippen molar-refractivity contribution in [2.45, 2.75) is 6.42 Å². The number of benzene rings is 2. The number of hydrogen-bond acceptors (Lipinski definition) is 3. The molecule has 1 heterocycles. The monoisotopic (exact) mass is 312 g/mol. The van der Waals surface area contributed by atoms with E-state index in [1.54, 1.807) is 13.2 Å². The number of nitrogens with one attached hydrogen (secondary N) is 2. The lowest BCUT2D eigenvalue weighted by Gasteiger charge is -2.25. The van der Waals surface area contributed by atoms with Crippen molar-refractivity contribution in [2.24, 2.45) is 5.92 Å². The molecule has 0 saturated carbocycles. The van der Waals surface area contributed by atoms with Crippen molar-refractivity contribution in [1.82, 2.24) is 5.32 Å². The van der Waals surface area contributed by atoms with Crippen molar-refractivity contribution in [1.29, 1.82) is 0 Å². The zero-order valence-corrected chi connectivity index (χ0v) is 13.0. The average Bonchev–Trinajstić information content (AvgIpc) is 2.60. The van der Waals surface area contributed by atoms with Gasteiger partial charge >= 0.3 is 6.03 Å². The van der Waals surface area contributed by atoms with Crippen molar-refractivity contribution in [2.75, 3.05) is 25.6 Å². The van der Waals surface area contributed by atoms with Crippen LogP contribution >= 0.6 is 0 Å². The SMILES string of the molecule is COc1cccc(NC(=O)NCC2COc3ccccc3C2)c1. The van der Waals surface area contributed by atoms with Gasteiger partial charge in [-0.1, -0.05) is 24.3 Å². The van der Waals surface area contributed by atoms with Crippen LogP contribution in [0.2, 0.25) is 0 Å². The molecule has 2 N–H and O–H groups in total. The van der Waals surface area contributed by atoms with Crippen LogP contribution in [0.25, 0.3) is 0 Å². The summed E-state index contributed by atoms with van der Waals surface area (Å²) in [5, 5.41) is 5.70. The number of methoxy groups -OCH3 is 1. The van der Waals surface area contributed by atoms with Gasteiger partial charge in [0, 0.05) is 24.2 Å².